The summed E-state index contributed by atoms with van der Waals surface area (Å²) in [5.74, 6) is 0.175. The monoisotopic (exact) mass is 306 g/mol. The number of hydrogen-bond donors (Lipinski definition) is 3. The fourth-order valence-corrected chi connectivity index (χ4v) is 2.22. The summed E-state index contributed by atoms with van der Waals surface area (Å²) in [6, 6.07) is 9.19. The zero-order valence-corrected chi connectivity index (χ0v) is 12.0. The van der Waals surface area contributed by atoms with Gasteiger partial charge in [0.1, 0.15) is 0 Å². The highest BCUT2D eigenvalue weighted by Gasteiger charge is 2.10. The van der Waals surface area contributed by atoms with E-state index in [1.165, 1.54) is 6.07 Å². The molecule has 0 saturated heterocycles. The number of aryl methyl sites for hydroxylation is 1. The molecule has 0 bridgehead atoms. The molecule has 0 amide bonds. The van der Waals surface area contributed by atoms with Crippen LogP contribution in [0, 0.1) is 4.91 Å². The topological polar surface area (TPSA) is 101 Å². The first-order valence-electron chi connectivity index (χ1n) is 6.40. The van der Waals surface area contributed by atoms with Crippen molar-refractivity contribution in [2.45, 2.75) is 12.8 Å². The summed E-state index contributed by atoms with van der Waals surface area (Å²) in [4.78, 5) is 14.5. The number of aliphatic hydroxyl groups excluding tert-OH is 1. The molecule has 0 atom stereocenters. The van der Waals surface area contributed by atoms with Crippen LogP contribution in [0.25, 0.3) is 11.3 Å². The average Bonchev–Trinajstić information content (AvgIpc) is 2.49. The molecule has 2 rings (SSSR count). The standard InChI is InChI=1S/C14H15ClN4O2/c15-11-8-12(16)14(18-19-21)17-13(11)10-5-3-9(4-6-10)2-1-7-20/h3-6,8,20H,1-2,7,16H2,(H,17,18,21). The van der Waals surface area contributed by atoms with Gasteiger partial charge in [-0.15, -0.1) is 4.91 Å². The summed E-state index contributed by atoms with van der Waals surface area (Å²) < 4.78 is 0. The smallest absolute Gasteiger partial charge is 0.172 e. The van der Waals surface area contributed by atoms with E-state index in [4.69, 9.17) is 22.4 Å². The fraction of sp³-hybridized carbons (Fsp3) is 0.214. The van der Waals surface area contributed by atoms with Gasteiger partial charge in [0, 0.05) is 12.2 Å². The van der Waals surface area contributed by atoms with E-state index in [0.717, 1.165) is 24.0 Å². The highest BCUT2D eigenvalue weighted by Crippen LogP contribution is 2.31. The quantitative estimate of drug-likeness (QED) is 0.562. The van der Waals surface area contributed by atoms with E-state index in [2.05, 4.69) is 15.7 Å². The van der Waals surface area contributed by atoms with Gasteiger partial charge in [0.15, 0.2) is 5.82 Å². The van der Waals surface area contributed by atoms with Gasteiger partial charge in [-0.2, -0.15) is 0 Å². The molecule has 7 heteroatoms. The Hall–Kier alpha value is -2.18. The number of halogens is 1. The first-order valence-corrected chi connectivity index (χ1v) is 6.78. The molecule has 1 aromatic carbocycles. The average molecular weight is 307 g/mol. The van der Waals surface area contributed by atoms with Gasteiger partial charge in [-0.1, -0.05) is 35.9 Å². The van der Waals surface area contributed by atoms with Gasteiger partial charge in [0.25, 0.3) is 0 Å². The molecule has 0 aliphatic rings. The summed E-state index contributed by atoms with van der Waals surface area (Å²) in [7, 11) is 0. The molecule has 0 unspecified atom stereocenters. The number of hydrogen-bond acceptors (Lipinski definition) is 5. The number of nitrogen functional groups attached to an aromatic ring is 1. The normalized spacial score (nSPS) is 10.4. The molecule has 1 heterocycles. The molecule has 4 N–H and O–H groups in total. The van der Waals surface area contributed by atoms with Crippen molar-refractivity contribution >= 4 is 23.1 Å². The predicted molar refractivity (Wildman–Crippen MR) is 83.9 cm³/mol. The van der Waals surface area contributed by atoms with Gasteiger partial charge in [-0.3, -0.25) is 0 Å². The summed E-state index contributed by atoms with van der Waals surface area (Å²) >= 11 is 6.15. The van der Waals surface area contributed by atoms with Crippen molar-refractivity contribution in [2.75, 3.05) is 17.8 Å². The number of nitrogens with zero attached hydrogens (tertiary/aromatic N) is 2. The number of aromatic nitrogens is 1. The van der Waals surface area contributed by atoms with Crippen LogP contribution in [-0.4, -0.2) is 16.7 Å². The van der Waals surface area contributed by atoms with E-state index in [1.807, 2.05) is 24.3 Å². The van der Waals surface area contributed by atoms with Crippen LogP contribution in [0.3, 0.4) is 0 Å². The van der Waals surface area contributed by atoms with Gasteiger partial charge < -0.3 is 10.8 Å². The van der Waals surface area contributed by atoms with E-state index in [-0.39, 0.29) is 18.1 Å². The second-order valence-electron chi connectivity index (χ2n) is 4.48. The molecule has 21 heavy (non-hydrogen) atoms. The number of nitroso groups, excluding NO2 is 1. The maximum Gasteiger partial charge on any atom is 0.172 e. The van der Waals surface area contributed by atoms with E-state index in [9.17, 15) is 4.91 Å². The highest BCUT2D eigenvalue weighted by atomic mass is 35.5. The summed E-state index contributed by atoms with van der Waals surface area (Å²) in [5, 5.41) is 11.8. The SMILES string of the molecule is Nc1cc(Cl)c(-c2ccc(CCCO)cc2)nc1NN=O. The minimum Gasteiger partial charge on any atom is -0.396 e. The molecule has 0 aliphatic heterocycles. The number of benzene rings is 1. The lowest BCUT2D eigenvalue weighted by atomic mass is 10.1. The van der Waals surface area contributed by atoms with Crippen LogP contribution < -0.4 is 11.2 Å². The van der Waals surface area contributed by atoms with Gasteiger partial charge in [0.05, 0.1) is 21.7 Å². The van der Waals surface area contributed by atoms with Crippen LogP contribution in [0.1, 0.15) is 12.0 Å². The zero-order chi connectivity index (χ0) is 15.2. The van der Waals surface area contributed by atoms with Gasteiger partial charge >= 0.3 is 0 Å². The Kier molecular flexibility index (Phi) is 5.08. The van der Waals surface area contributed by atoms with Gasteiger partial charge in [0.2, 0.25) is 0 Å². The van der Waals surface area contributed by atoms with Crippen molar-refractivity contribution in [2.24, 2.45) is 5.29 Å². The van der Waals surface area contributed by atoms with E-state index < -0.39 is 0 Å². The van der Waals surface area contributed by atoms with Crippen molar-refractivity contribution in [3.05, 3.63) is 45.8 Å². The Labute approximate surface area is 126 Å². The van der Waals surface area contributed by atoms with E-state index >= 15 is 0 Å². The lowest BCUT2D eigenvalue weighted by Gasteiger charge is -2.09. The zero-order valence-electron chi connectivity index (χ0n) is 11.2. The second-order valence-corrected chi connectivity index (χ2v) is 4.89. The van der Waals surface area contributed by atoms with Crippen LogP contribution in [0.15, 0.2) is 35.6 Å². The van der Waals surface area contributed by atoms with E-state index in [0.29, 0.717) is 10.7 Å². The molecular weight excluding hydrogens is 292 g/mol. The Balaban J connectivity index is 2.32. The van der Waals surface area contributed by atoms with Crippen molar-refractivity contribution in [3.63, 3.8) is 0 Å². The highest BCUT2D eigenvalue weighted by molar-refractivity contribution is 6.33. The van der Waals surface area contributed by atoms with Crippen molar-refractivity contribution in [3.8, 4) is 11.3 Å². The molecule has 110 valence electrons. The minimum atomic E-state index is 0.167. The number of nitrogens with one attached hydrogen (secondary N) is 1. The van der Waals surface area contributed by atoms with Crippen LogP contribution in [-0.2, 0) is 6.42 Å². The third-order valence-corrected chi connectivity index (χ3v) is 3.30. The largest absolute Gasteiger partial charge is 0.396 e. The molecule has 0 saturated carbocycles. The summed E-state index contributed by atoms with van der Waals surface area (Å²) in [6.45, 7) is 0.167. The summed E-state index contributed by atoms with van der Waals surface area (Å²) in [6.07, 6.45) is 1.53. The number of rotatable bonds is 6. The van der Waals surface area contributed by atoms with Crippen molar-refractivity contribution in [1.82, 2.24) is 4.98 Å². The molecule has 0 radical (unpaired) electrons. The first kappa shape index (κ1) is 15.2. The predicted octanol–water partition coefficient (Wildman–Crippen LogP) is 3.00. The van der Waals surface area contributed by atoms with Crippen LogP contribution in [0.2, 0.25) is 5.02 Å². The molecule has 0 aliphatic carbocycles. The lowest BCUT2D eigenvalue weighted by Crippen LogP contribution is -2.00. The molecule has 2 aromatic rings. The second kappa shape index (κ2) is 7.01. The minimum absolute atomic E-state index is 0.167. The number of pyridine rings is 1. The van der Waals surface area contributed by atoms with Gasteiger partial charge in [-0.05, 0) is 24.5 Å². The Bertz CT molecular complexity index is 632. The Morgan fingerprint density at radius 1 is 1.33 bits per heavy atom. The molecule has 1 aromatic heterocycles. The van der Waals surface area contributed by atoms with Crippen LogP contribution in [0.5, 0.6) is 0 Å². The van der Waals surface area contributed by atoms with E-state index in [1.54, 1.807) is 0 Å². The number of nitrogens with two attached hydrogens (primary N) is 1. The fourth-order valence-electron chi connectivity index (χ4n) is 1.95. The third-order valence-electron chi connectivity index (χ3n) is 3.01. The lowest BCUT2D eigenvalue weighted by molar-refractivity contribution is 0.288. The van der Waals surface area contributed by atoms with Crippen LogP contribution >= 0.6 is 11.6 Å². The Morgan fingerprint density at radius 2 is 2.05 bits per heavy atom. The van der Waals surface area contributed by atoms with Crippen molar-refractivity contribution in [1.29, 1.82) is 0 Å². The number of anilines is 2. The third kappa shape index (κ3) is 3.68. The summed E-state index contributed by atoms with van der Waals surface area (Å²) in [5.41, 5.74) is 10.6. The van der Waals surface area contributed by atoms with Crippen molar-refractivity contribution < 1.29 is 5.11 Å². The molecule has 0 fully saturated rings. The maximum atomic E-state index is 10.3. The first-order chi connectivity index (χ1) is 10.2. The molecular formula is C14H15ClN4O2. The number of aliphatic hydroxyl groups is 1. The molecule has 0 spiro atoms. The Morgan fingerprint density at radius 3 is 2.67 bits per heavy atom. The van der Waals surface area contributed by atoms with Crippen LogP contribution in [0.4, 0.5) is 11.5 Å². The maximum absolute atomic E-state index is 10.3. The van der Waals surface area contributed by atoms with Gasteiger partial charge in [-0.25, -0.2) is 10.4 Å². The molecule has 6 nitrogen and oxygen atoms in total.